The number of hydrogen-bond donors (Lipinski definition) is 0. The van der Waals surface area contributed by atoms with E-state index in [0.29, 0.717) is 11.8 Å². The summed E-state index contributed by atoms with van der Waals surface area (Å²) in [5, 5.41) is 8.51. The van der Waals surface area contributed by atoms with Gasteiger partial charge in [-0.15, -0.1) is 10.2 Å². The Kier molecular flexibility index (Phi) is 5.53. The fraction of sp³-hybridized carbons (Fsp3) is 0.381. The summed E-state index contributed by atoms with van der Waals surface area (Å²) < 4.78 is 16.9. The van der Waals surface area contributed by atoms with E-state index >= 15 is 0 Å². The van der Waals surface area contributed by atoms with E-state index in [1.54, 1.807) is 26.6 Å². The van der Waals surface area contributed by atoms with Crippen LogP contribution in [-0.4, -0.2) is 47.4 Å². The lowest BCUT2D eigenvalue weighted by Crippen LogP contribution is -2.34. The highest BCUT2D eigenvalue weighted by molar-refractivity contribution is 5.50. The van der Waals surface area contributed by atoms with Crippen molar-refractivity contribution >= 4 is 0 Å². The Balaban J connectivity index is 1.48. The van der Waals surface area contributed by atoms with Crippen molar-refractivity contribution in [2.24, 2.45) is 0 Å². The Morgan fingerprint density at radius 3 is 2.86 bits per heavy atom. The number of ether oxygens (including phenoxy) is 2. The molecule has 1 aliphatic heterocycles. The van der Waals surface area contributed by atoms with Crippen LogP contribution < -0.4 is 9.47 Å². The van der Waals surface area contributed by atoms with E-state index in [1.165, 1.54) is 0 Å². The van der Waals surface area contributed by atoms with Gasteiger partial charge >= 0.3 is 0 Å². The first-order valence-electron chi connectivity index (χ1n) is 9.44. The molecule has 1 saturated heterocycles. The minimum absolute atomic E-state index is 0.225. The highest BCUT2D eigenvalue weighted by atomic mass is 16.5. The molecular weight excluding hydrogens is 356 g/mol. The zero-order valence-electron chi connectivity index (χ0n) is 16.2. The molecule has 1 aromatic carbocycles. The van der Waals surface area contributed by atoms with Crippen molar-refractivity contribution in [3.63, 3.8) is 0 Å². The van der Waals surface area contributed by atoms with Gasteiger partial charge in [0.15, 0.2) is 11.5 Å². The lowest BCUT2D eigenvalue weighted by Gasteiger charge is -2.31. The summed E-state index contributed by atoms with van der Waals surface area (Å²) in [5.74, 6) is 2.99. The number of methoxy groups -OCH3 is 2. The normalized spacial score (nSPS) is 17.4. The van der Waals surface area contributed by atoms with Gasteiger partial charge in [-0.1, -0.05) is 12.1 Å². The lowest BCUT2D eigenvalue weighted by atomic mass is 9.97. The second-order valence-electron chi connectivity index (χ2n) is 6.91. The molecule has 7 heteroatoms. The molecule has 0 radical (unpaired) electrons. The Morgan fingerprint density at radius 1 is 1.14 bits per heavy atom. The first-order valence-corrected chi connectivity index (χ1v) is 9.44. The van der Waals surface area contributed by atoms with Crippen molar-refractivity contribution in [2.75, 3.05) is 27.3 Å². The Morgan fingerprint density at radius 2 is 2.07 bits per heavy atom. The summed E-state index contributed by atoms with van der Waals surface area (Å²) in [6, 6.07) is 9.78. The summed E-state index contributed by atoms with van der Waals surface area (Å²) >= 11 is 0. The van der Waals surface area contributed by atoms with E-state index < -0.39 is 0 Å². The molecule has 3 heterocycles. The van der Waals surface area contributed by atoms with Crippen molar-refractivity contribution in [3.05, 3.63) is 54.2 Å². The first-order chi connectivity index (χ1) is 13.8. The van der Waals surface area contributed by atoms with Gasteiger partial charge in [-0.3, -0.25) is 9.88 Å². The molecule has 0 spiro atoms. The summed E-state index contributed by atoms with van der Waals surface area (Å²) in [5.41, 5.74) is 1.96. The molecule has 2 aromatic heterocycles. The summed E-state index contributed by atoms with van der Waals surface area (Å²) in [6.45, 7) is 2.69. The second-order valence-corrected chi connectivity index (χ2v) is 6.91. The van der Waals surface area contributed by atoms with Crippen LogP contribution in [0.4, 0.5) is 0 Å². The molecule has 1 fully saturated rings. The number of nitrogens with zero attached hydrogens (tertiary/aromatic N) is 4. The molecule has 0 bridgehead atoms. The van der Waals surface area contributed by atoms with Crippen LogP contribution in [0.15, 0.2) is 47.1 Å². The topological polar surface area (TPSA) is 73.5 Å². The lowest BCUT2D eigenvalue weighted by molar-refractivity contribution is 0.184. The van der Waals surface area contributed by atoms with Crippen LogP contribution in [0.25, 0.3) is 11.5 Å². The number of likely N-dealkylation sites (tertiary alicyclic amines) is 1. The number of piperidine rings is 1. The van der Waals surface area contributed by atoms with Gasteiger partial charge in [0.25, 0.3) is 0 Å². The van der Waals surface area contributed by atoms with Crippen molar-refractivity contribution < 1.29 is 13.9 Å². The maximum atomic E-state index is 5.96. The fourth-order valence-electron chi connectivity index (χ4n) is 3.73. The zero-order chi connectivity index (χ0) is 19.3. The van der Waals surface area contributed by atoms with E-state index in [2.05, 4.69) is 26.1 Å². The van der Waals surface area contributed by atoms with Crippen LogP contribution in [0.3, 0.4) is 0 Å². The van der Waals surface area contributed by atoms with Gasteiger partial charge in [0, 0.05) is 31.0 Å². The first kappa shape index (κ1) is 18.4. The average Bonchev–Trinajstić information content (AvgIpc) is 3.25. The molecule has 28 heavy (non-hydrogen) atoms. The molecule has 1 aliphatic rings. The third-order valence-corrected chi connectivity index (χ3v) is 5.08. The summed E-state index contributed by atoms with van der Waals surface area (Å²) in [6.07, 6.45) is 5.59. The summed E-state index contributed by atoms with van der Waals surface area (Å²) in [7, 11) is 3.34. The van der Waals surface area contributed by atoms with Gasteiger partial charge in [0.05, 0.1) is 25.7 Å². The molecular formula is C21H24N4O3. The van der Waals surface area contributed by atoms with E-state index in [1.807, 2.05) is 24.3 Å². The monoisotopic (exact) mass is 380 g/mol. The number of aromatic nitrogens is 3. The predicted octanol–water partition coefficient (Wildman–Crippen LogP) is 3.53. The van der Waals surface area contributed by atoms with Crippen LogP contribution in [0.1, 0.15) is 30.2 Å². The quantitative estimate of drug-likeness (QED) is 0.648. The van der Waals surface area contributed by atoms with E-state index in [4.69, 9.17) is 13.9 Å². The van der Waals surface area contributed by atoms with Crippen LogP contribution in [-0.2, 0) is 6.54 Å². The maximum Gasteiger partial charge on any atom is 0.249 e. The number of hydrogen-bond acceptors (Lipinski definition) is 7. The van der Waals surface area contributed by atoms with Crippen molar-refractivity contribution in [3.8, 4) is 23.0 Å². The number of pyridine rings is 1. The Labute approximate surface area is 164 Å². The second kappa shape index (κ2) is 8.39. The largest absolute Gasteiger partial charge is 0.493 e. The molecule has 0 N–H and O–H groups in total. The van der Waals surface area contributed by atoms with Crippen molar-refractivity contribution in [1.82, 2.24) is 20.1 Å². The molecule has 0 aliphatic carbocycles. The van der Waals surface area contributed by atoms with Crippen molar-refractivity contribution in [1.29, 1.82) is 0 Å². The number of para-hydroxylation sites is 1. The minimum Gasteiger partial charge on any atom is -0.493 e. The van der Waals surface area contributed by atoms with Crippen molar-refractivity contribution in [2.45, 2.75) is 25.3 Å². The highest BCUT2D eigenvalue weighted by Crippen LogP contribution is 2.34. The van der Waals surface area contributed by atoms with E-state index in [9.17, 15) is 0 Å². The highest BCUT2D eigenvalue weighted by Gasteiger charge is 2.27. The van der Waals surface area contributed by atoms with Crippen LogP contribution >= 0.6 is 0 Å². The molecule has 0 saturated carbocycles. The third-order valence-electron chi connectivity index (χ3n) is 5.08. The molecule has 7 nitrogen and oxygen atoms in total. The molecule has 0 amide bonds. The minimum atomic E-state index is 0.225. The molecule has 3 aromatic rings. The maximum absolute atomic E-state index is 5.96. The molecule has 0 unspecified atom stereocenters. The van der Waals surface area contributed by atoms with Gasteiger partial charge in [-0.05, 0) is 37.6 Å². The van der Waals surface area contributed by atoms with Gasteiger partial charge in [0.1, 0.15) is 0 Å². The SMILES string of the molecule is COc1cccc(CN2CCC[C@@H](c3nnc(-c4cccnc4)o3)C2)c1OC. The number of benzene rings is 1. The van der Waals surface area contributed by atoms with Gasteiger partial charge in [-0.2, -0.15) is 0 Å². The molecule has 4 rings (SSSR count). The Hall–Kier alpha value is -2.93. The standard InChI is InChI=1S/C21H24N4O3/c1-26-18-9-3-6-16(19(18)27-2)13-25-11-5-8-17(14-25)21-24-23-20(28-21)15-7-4-10-22-12-15/h3-4,6-7,9-10,12,17H,5,8,11,13-14H2,1-2H3/t17-/m1/s1. The van der Waals surface area contributed by atoms with Crippen LogP contribution in [0.2, 0.25) is 0 Å². The summed E-state index contributed by atoms with van der Waals surface area (Å²) in [4.78, 5) is 6.52. The fourth-order valence-corrected chi connectivity index (χ4v) is 3.73. The smallest absolute Gasteiger partial charge is 0.249 e. The third kappa shape index (κ3) is 3.84. The van der Waals surface area contributed by atoms with Gasteiger partial charge in [0.2, 0.25) is 11.8 Å². The zero-order valence-corrected chi connectivity index (χ0v) is 16.2. The Bertz CT molecular complexity index is 913. The van der Waals surface area contributed by atoms with E-state index in [0.717, 1.165) is 55.1 Å². The van der Waals surface area contributed by atoms with E-state index in [-0.39, 0.29) is 5.92 Å². The van der Waals surface area contributed by atoms with Gasteiger partial charge < -0.3 is 13.9 Å². The van der Waals surface area contributed by atoms with Crippen LogP contribution in [0, 0.1) is 0 Å². The average molecular weight is 380 g/mol. The van der Waals surface area contributed by atoms with Gasteiger partial charge in [-0.25, -0.2) is 0 Å². The predicted molar refractivity (Wildman–Crippen MR) is 104 cm³/mol. The number of rotatable bonds is 6. The molecule has 146 valence electrons. The van der Waals surface area contributed by atoms with Crippen LogP contribution in [0.5, 0.6) is 11.5 Å². The molecule has 1 atom stereocenters.